The molecule has 0 amide bonds. The Bertz CT molecular complexity index is 518. The largest absolute Gasteiger partial charge is 0.389 e. The van der Waals surface area contributed by atoms with Crippen molar-refractivity contribution in [2.45, 2.75) is 13.0 Å². The Morgan fingerprint density at radius 2 is 2.20 bits per heavy atom. The Kier molecular flexibility index (Phi) is 6.20. The quantitative estimate of drug-likeness (QED) is 0.694. The van der Waals surface area contributed by atoms with Crippen LogP contribution in [0.3, 0.4) is 0 Å². The van der Waals surface area contributed by atoms with Gasteiger partial charge in [-0.25, -0.2) is 4.98 Å². The average Bonchev–Trinajstić information content (AvgIpc) is 2.92. The lowest BCUT2D eigenvalue weighted by atomic mass is 10.3. The lowest BCUT2D eigenvalue weighted by Crippen LogP contribution is -2.25. The molecule has 0 bridgehead atoms. The first-order valence-corrected chi connectivity index (χ1v) is 7.58. The van der Waals surface area contributed by atoms with E-state index in [9.17, 15) is 5.11 Å². The summed E-state index contributed by atoms with van der Waals surface area (Å²) in [6.45, 7) is 4.48. The van der Waals surface area contributed by atoms with E-state index in [1.807, 2.05) is 30.6 Å². The van der Waals surface area contributed by atoms with E-state index in [1.165, 1.54) is 0 Å². The van der Waals surface area contributed by atoms with Gasteiger partial charge in [-0.3, -0.25) is 0 Å². The van der Waals surface area contributed by atoms with Crippen molar-refractivity contribution in [3.05, 3.63) is 23.7 Å². The molecule has 0 saturated carbocycles. The number of hydrogen-bond acceptors (Lipinski definition) is 6. The Morgan fingerprint density at radius 3 is 3.05 bits per heavy atom. The molecule has 6 heteroatoms. The molecule has 1 unspecified atom stereocenters. The molecular formula is C14H20N2O3S. The van der Waals surface area contributed by atoms with E-state index in [0.29, 0.717) is 33.0 Å². The fraction of sp³-hybridized carbons (Fsp3) is 0.500. The number of thiazole rings is 1. The molecule has 0 aliphatic heterocycles. The first-order chi connectivity index (χ1) is 9.79. The Balaban J connectivity index is 1.68. The molecule has 2 aromatic rings. The molecule has 1 aromatic heterocycles. The Hall–Kier alpha value is -1.21. The zero-order valence-corrected chi connectivity index (χ0v) is 12.4. The summed E-state index contributed by atoms with van der Waals surface area (Å²) in [6.07, 6.45) is -0.534. The van der Waals surface area contributed by atoms with Crippen molar-refractivity contribution < 1.29 is 14.6 Å². The monoisotopic (exact) mass is 296 g/mol. The summed E-state index contributed by atoms with van der Waals surface area (Å²) in [6, 6.07) is 5.97. The van der Waals surface area contributed by atoms with Crippen LogP contribution >= 0.6 is 11.3 Å². The van der Waals surface area contributed by atoms with Gasteiger partial charge >= 0.3 is 0 Å². The van der Waals surface area contributed by atoms with Gasteiger partial charge in [0.05, 0.1) is 41.7 Å². The van der Waals surface area contributed by atoms with Crippen molar-refractivity contribution in [1.29, 1.82) is 0 Å². The number of anilines is 1. The van der Waals surface area contributed by atoms with Gasteiger partial charge < -0.3 is 19.9 Å². The van der Waals surface area contributed by atoms with E-state index in [0.717, 1.165) is 15.9 Å². The molecule has 0 aliphatic rings. The van der Waals surface area contributed by atoms with Gasteiger partial charge in [0, 0.05) is 18.8 Å². The lowest BCUT2D eigenvalue weighted by Gasteiger charge is -2.13. The maximum Gasteiger partial charge on any atom is 0.0945 e. The minimum Gasteiger partial charge on any atom is -0.389 e. The van der Waals surface area contributed by atoms with E-state index in [1.54, 1.807) is 11.3 Å². The van der Waals surface area contributed by atoms with Crippen molar-refractivity contribution in [1.82, 2.24) is 4.98 Å². The van der Waals surface area contributed by atoms with Gasteiger partial charge in [0.1, 0.15) is 0 Å². The summed E-state index contributed by atoms with van der Waals surface area (Å²) < 4.78 is 11.6. The smallest absolute Gasteiger partial charge is 0.0945 e. The number of rotatable bonds is 9. The number of benzene rings is 1. The second-order valence-electron chi connectivity index (χ2n) is 4.34. The number of nitrogens with one attached hydrogen (secondary N) is 1. The van der Waals surface area contributed by atoms with Crippen molar-refractivity contribution in [2.24, 2.45) is 0 Å². The van der Waals surface area contributed by atoms with E-state index in [-0.39, 0.29) is 0 Å². The summed E-state index contributed by atoms with van der Waals surface area (Å²) in [5, 5.41) is 13.0. The van der Waals surface area contributed by atoms with Crippen LogP contribution in [0.2, 0.25) is 0 Å². The number of aliphatic hydroxyl groups is 1. The van der Waals surface area contributed by atoms with Crippen LogP contribution < -0.4 is 5.32 Å². The number of fused-ring (bicyclic) bond motifs is 1. The molecule has 1 atom stereocenters. The predicted molar refractivity (Wildman–Crippen MR) is 81.4 cm³/mol. The number of aromatic nitrogens is 1. The van der Waals surface area contributed by atoms with Gasteiger partial charge in [-0.15, -0.1) is 11.3 Å². The highest BCUT2D eigenvalue weighted by atomic mass is 32.1. The van der Waals surface area contributed by atoms with Gasteiger partial charge in [0.15, 0.2) is 0 Å². The van der Waals surface area contributed by atoms with Crippen LogP contribution in [0.1, 0.15) is 6.92 Å². The van der Waals surface area contributed by atoms with Crippen LogP contribution in [0.15, 0.2) is 23.7 Å². The number of ether oxygens (including phenoxy) is 2. The van der Waals surface area contributed by atoms with Crippen LogP contribution in [0.4, 0.5) is 5.69 Å². The van der Waals surface area contributed by atoms with Gasteiger partial charge in [-0.2, -0.15) is 0 Å². The maximum atomic E-state index is 9.80. The fourth-order valence-corrected chi connectivity index (χ4v) is 2.46. The van der Waals surface area contributed by atoms with Crippen molar-refractivity contribution in [3.8, 4) is 0 Å². The SMILES string of the molecule is CCOCCOCC(O)CNc1ccc2ncsc2c1. The standard InChI is InChI=1S/C14H20N2O3S/c1-2-18-5-6-19-9-12(17)8-15-11-3-4-13-14(7-11)20-10-16-13/h3-4,7,10,12,15,17H,2,5-6,8-9H2,1H3. The van der Waals surface area contributed by atoms with Crippen LogP contribution in [0.5, 0.6) is 0 Å². The van der Waals surface area contributed by atoms with Crippen molar-refractivity contribution in [3.63, 3.8) is 0 Å². The minimum atomic E-state index is -0.534. The third kappa shape index (κ3) is 4.72. The summed E-state index contributed by atoms with van der Waals surface area (Å²) in [5.74, 6) is 0. The Labute approximate surface area is 122 Å². The van der Waals surface area contributed by atoms with Crippen LogP contribution in [0, 0.1) is 0 Å². The van der Waals surface area contributed by atoms with Gasteiger partial charge in [0.25, 0.3) is 0 Å². The van der Waals surface area contributed by atoms with Crippen molar-refractivity contribution >= 4 is 27.2 Å². The zero-order valence-electron chi connectivity index (χ0n) is 11.5. The van der Waals surface area contributed by atoms with Crippen LogP contribution in [0.25, 0.3) is 10.2 Å². The van der Waals surface area contributed by atoms with E-state index in [4.69, 9.17) is 9.47 Å². The lowest BCUT2D eigenvalue weighted by molar-refractivity contribution is 0.0103. The number of aliphatic hydroxyl groups excluding tert-OH is 1. The number of nitrogens with zero attached hydrogens (tertiary/aromatic N) is 1. The normalized spacial score (nSPS) is 12.7. The first kappa shape index (κ1) is 15.2. The van der Waals surface area contributed by atoms with E-state index < -0.39 is 6.10 Å². The van der Waals surface area contributed by atoms with Crippen LogP contribution in [-0.2, 0) is 9.47 Å². The first-order valence-electron chi connectivity index (χ1n) is 6.70. The maximum absolute atomic E-state index is 9.80. The molecule has 5 nitrogen and oxygen atoms in total. The summed E-state index contributed by atoms with van der Waals surface area (Å²) in [7, 11) is 0. The molecule has 2 N–H and O–H groups in total. The second kappa shape index (κ2) is 8.16. The van der Waals surface area contributed by atoms with Gasteiger partial charge in [-0.05, 0) is 25.1 Å². The molecule has 0 saturated heterocycles. The highest BCUT2D eigenvalue weighted by molar-refractivity contribution is 7.16. The van der Waals surface area contributed by atoms with E-state index >= 15 is 0 Å². The Morgan fingerprint density at radius 1 is 1.35 bits per heavy atom. The zero-order chi connectivity index (χ0) is 14.2. The highest BCUT2D eigenvalue weighted by Crippen LogP contribution is 2.21. The third-order valence-corrected chi connectivity index (χ3v) is 3.55. The number of hydrogen-bond donors (Lipinski definition) is 2. The van der Waals surface area contributed by atoms with Gasteiger partial charge in [0.2, 0.25) is 0 Å². The van der Waals surface area contributed by atoms with Gasteiger partial charge in [-0.1, -0.05) is 0 Å². The summed E-state index contributed by atoms with van der Waals surface area (Å²) in [4.78, 5) is 4.23. The molecule has 0 fully saturated rings. The summed E-state index contributed by atoms with van der Waals surface area (Å²) >= 11 is 1.60. The molecule has 20 heavy (non-hydrogen) atoms. The predicted octanol–water partition coefficient (Wildman–Crippen LogP) is 2.12. The summed E-state index contributed by atoms with van der Waals surface area (Å²) in [5.41, 5.74) is 3.81. The topological polar surface area (TPSA) is 63.6 Å². The molecular weight excluding hydrogens is 276 g/mol. The highest BCUT2D eigenvalue weighted by Gasteiger charge is 2.05. The molecule has 1 aromatic carbocycles. The fourth-order valence-electron chi connectivity index (χ4n) is 1.74. The molecule has 0 radical (unpaired) electrons. The average molecular weight is 296 g/mol. The molecule has 1 heterocycles. The van der Waals surface area contributed by atoms with Crippen molar-refractivity contribution in [2.75, 3.05) is 38.3 Å². The van der Waals surface area contributed by atoms with Crippen LogP contribution in [-0.4, -0.2) is 49.2 Å². The molecule has 2 rings (SSSR count). The minimum absolute atomic E-state index is 0.308. The third-order valence-electron chi connectivity index (χ3n) is 2.76. The molecule has 0 spiro atoms. The molecule has 0 aliphatic carbocycles. The van der Waals surface area contributed by atoms with E-state index in [2.05, 4.69) is 10.3 Å². The molecule has 110 valence electrons. The second-order valence-corrected chi connectivity index (χ2v) is 5.23.